The van der Waals surface area contributed by atoms with Crippen LogP contribution in [0.15, 0.2) is 60.9 Å². The van der Waals surface area contributed by atoms with E-state index in [1.54, 1.807) is 36.5 Å². The van der Waals surface area contributed by atoms with Gasteiger partial charge in [0.2, 0.25) is 5.91 Å². The minimum absolute atomic E-state index is 0.0487. The lowest BCUT2D eigenvalue weighted by Crippen LogP contribution is -2.41. The summed E-state index contributed by atoms with van der Waals surface area (Å²) in [6.45, 7) is 2.12. The highest BCUT2D eigenvalue weighted by molar-refractivity contribution is 5.85. The maximum atomic E-state index is 12.7. The van der Waals surface area contributed by atoms with Crippen LogP contribution in [0.2, 0.25) is 0 Å². The molecule has 2 aliphatic rings. The van der Waals surface area contributed by atoms with Crippen molar-refractivity contribution in [3.05, 3.63) is 77.9 Å². The van der Waals surface area contributed by atoms with E-state index < -0.39 is 17.7 Å². The van der Waals surface area contributed by atoms with E-state index in [0.717, 1.165) is 30.7 Å². The van der Waals surface area contributed by atoms with Crippen molar-refractivity contribution in [3.8, 4) is 17.0 Å². The molecule has 0 aliphatic carbocycles. The smallest absolute Gasteiger partial charge is 0.406 e. The highest BCUT2D eigenvalue weighted by atomic mass is 19.4. The van der Waals surface area contributed by atoms with Gasteiger partial charge >= 0.3 is 6.36 Å². The summed E-state index contributed by atoms with van der Waals surface area (Å²) < 4.78 is 44.1. The first-order chi connectivity index (χ1) is 19.0. The van der Waals surface area contributed by atoms with Crippen molar-refractivity contribution in [1.82, 2.24) is 19.3 Å². The number of alkyl halides is 3. The van der Waals surface area contributed by atoms with Crippen LogP contribution in [-0.2, 0) is 10.4 Å². The van der Waals surface area contributed by atoms with E-state index in [0.29, 0.717) is 41.6 Å². The summed E-state index contributed by atoms with van der Waals surface area (Å²) in [6, 6.07) is 12.6. The molecule has 2 aromatic carbocycles. The molecule has 40 heavy (non-hydrogen) atoms. The maximum Gasteiger partial charge on any atom is 0.573 e. The van der Waals surface area contributed by atoms with Gasteiger partial charge in [0.25, 0.3) is 0 Å². The molecule has 2 fully saturated rings. The van der Waals surface area contributed by atoms with Crippen molar-refractivity contribution in [3.63, 3.8) is 0 Å². The monoisotopic (exact) mass is 551 g/mol. The average molecular weight is 552 g/mol. The molecule has 2 saturated heterocycles. The number of amides is 1. The van der Waals surface area contributed by atoms with Crippen molar-refractivity contribution < 1.29 is 27.8 Å². The van der Waals surface area contributed by atoms with E-state index in [1.165, 1.54) is 25.1 Å². The number of piperidine rings is 1. The number of benzene rings is 2. The first-order valence-corrected chi connectivity index (χ1v) is 13.1. The average Bonchev–Trinajstić information content (AvgIpc) is 3.49. The van der Waals surface area contributed by atoms with Gasteiger partial charge in [0.15, 0.2) is 0 Å². The second-order valence-corrected chi connectivity index (χ2v) is 10.6. The van der Waals surface area contributed by atoms with E-state index in [9.17, 15) is 23.1 Å². The molecule has 208 valence electrons. The summed E-state index contributed by atoms with van der Waals surface area (Å²) in [4.78, 5) is 23.7. The molecule has 0 spiro atoms. The Morgan fingerprint density at radius 3 is 2.60 bits per heavy atom. The van der Waals surface area contributed by atoms with Gasteiger partial charge in [0.05, 0.1) is 0 Å². The van der Waals surface area contributed by atoms with Gasteiger partial charge in [-0.15, -0.1) is 13.2 Å². The second-order valence-electron chi connectivity index (χ2n) is 10.6. The number of carbonyl (C=O) groups excluding carboxylic acids is 1. The number of aromatic nitrogens is 3. The van der Waals surface area contributed by atoms with E-state index in [4.69, 9.17) is 10.7 Å². The van der Waals surface area contributed by atoms with Crippen LogP contribution in [0.5, 0.6) is 5.75 Å². The molecule has 2 aromatic heterocycles. The minimum Gasteiger partial charge on any atom is -0.406 e. The lowest BCUT2D eigenvalue weighted by atomic mass is 9.87. The Balaban J connectivity index is 1.33. The molecule has 6 rings (SSSR count). The van der Waals surface area contributed by atoms with E-state index >= 15 is 0 Å². The molecular formula is C29H28F3N5O3. The van der Waals surface area contributed by atoms with Crippen molar-refractivity contribution in [2.75, 3.05) is 12.3 Å². The maximum absolute atomic E-state index is 12.7. The van der Waals surface area contributed by atoms with Gasteiger partial charge in [-0.2, -0.15) is 0 Å². The highest BCUT2D eigenvalue weighted by Gasteiger charge is 2.38. The van der Waals surface area contributed by atoms with Crippen molar-refractivity contribution in [1.29, 1.82) is 0 Å². The Bertz CT molecular complexity index is 1580. The zero-order valence-electron chi connectivity index (χ0n) is 21.7. The van der Waals surface area contributed by atoms with Gasteiger partial charge in [-0.25, -0.2) is 9.97 Å². The van der Waals surface area contributed by atoms with Crippen LogP contribution < -0.4 is 10.5 Å². The third kappa shape index (κ3) is 4.64. The number of nitrogen functional groups attached to an aromatic ring is 1. The Morgan fingerprint density at radius 1 is 1.07 bits per heavy atom. The first kappa shape index (κ1) is 26.1. The number of imidazole rings is 1. The molecule has 4 aromatic rings. The van der Waals surface area contributed by atoms with Gasteiger partial charge in [0, 0.05) is 42.9 Å². The number of anilines is 1. The van der Waals surface area contributed by atoms with Crippen LogP contribution in [0.3, 0.4) is 0 Å². The van der Waals surface area contributed by atoms with Crippen LogP contribution in [-0.4, -0.2) is 49.2 Å². The normalized spacial score (nSPS) is 20.9. The summed E-state index contributed by atoms with van der Waals surface area (Å²) in [5.74, 6) is 0.962. The fourth-order valence-electron chi connectivity index (χ4n) is 5.97. The number of hydrogen-bond donors (Lipinski definition) is 2. The van der Waals surface area contributed by atoms with Crippen LogP contribution in [0.4, 0.5) is 19.0 Å². The van der Waals surface area contributed by atoms with Crippen LogP contribution in [0, 0.1) is 0 Å². The minimum atomic E-state index is -4.83. The predicted molar refractivity (Wildman–Crippen MR) is 141 cm³/mol. The molecule has 0 saturated carbocycles. The van der Waals surface area contributed by atoms with Crippen LogP contribution in [0.25, 0.3) is 16.8 Å². The molecule has 2 aliphatic heterocycles. The SMILES string of the molecule is CC(O)(c1ccc(-c2nc([C@@H]3CC[C@H]4CCC(=O)N4C3)n3ccnc(N)c23)cc1)c1cccc(OC(F)(F)F)c1. The molecule has 8 nitrogen and oxygen atoms in total. The Kier molecular flexibility index (Phi) is 6.21. The van der Waals surface area contributed by atoms with Gasteiger partial charge in [-0.3, -0.25) is 9.20 Å². The summed E-state index contributed by atoms with van der Waals surface area (Å²) in [5, 5.41) is 11.3. The molecule has 1 unspecified atom stereocenters. The third-order valence-electron chi connectivity index (χ3n) is 8.04. The molecule has 1 amide bonds. The largest absolute Gasteiger partial charge is 0.573 e. The topological polar surface area (TPSA) is 106 Å². The number of nitrogens with two attached hydrogens (primary N) is 1. The fraction of sp³-hybridized carbons (Fsp3) is 0.345. The first-order valence-electron chi connectivity index (χ1n) is 13.1. The highest BCUT2D eigenvalue weighted by Crippen LogP contribution is 2.39. The van der Waals surface area contributed by atoms with Crippen molar-refractivity contribution in [2.24, 2.45) is 0 Å². The number of aliphatic hydroxyl groups is 1. The molecule has 3 atom stereocenters. The number of fused-ring (bicyclic) bond motifs is 2. The van der Waals surface area contributed by atoms with Gasteiger partial charge in [0.1, 0.15) is 34.2 Å². The lowest BCUT2D eigenvalue weighted by molar-refractivity contribution is -0.274. The zero-order chi connectivity index (χ0) is 28.2. The van der Waals surface area contributed by atoms with E-state index in [1.807, 2.05) is 15.5 Å². The zero-order valence-corrected chi connectivity index (χ0v) is 21.7. The second kappa shape index (κ2) is 9.51. The number of nitrogens with zero attached hydrogens (tertiary/aromatic N) is 4. The summed E-state index contributed by atoms with van der Waals surface area (Å²) in [7, 11) is 0. The standard InChI is InChI=1S/C29H28F3N5O3/c1-28(39,20-3-2-4-22(15-20)40-29(30,31)32)19-8-5-17(6-9-19)24-25-26(33)34-13-14-36(25)27(35-24)18-7-10-21-11-12-23(38)37(21)16-18/h2-6,8-9,13-15,18,21,39H,7,10-12,16H2,1H3,(H2,33,34)/t18-,21+,28?/m1/s1. The summed E-state index contributed by atoms with van der Waals surface area (Å²) in [6.07, 6.45) is 1.96. The van der Waals surface area contributed by atoms with Gasteiger partial charge < -0.3 is 20.5 Å². The van der Waals surface area contributed by atoms with E-state index in [2.05, 4.69) is 9.72 Å². The van der Waals surface area contributed by atoms with Gasteiger partial charge in [-0.05, 0) is 49.4 Å². The Labute approximate surface area is 228 Å². The van der Waals surface area contributed by atoms with Gasteiger partial charge in [-0.1, -0.05) is 36.4 Å². The fourth-order valence-corrected chi connectivity index (χ4v) is 5.97. The molecular weight excluding hydrogens is 523 g/mol. The Morgan fingerprint density at radius 2 is 1.85 bits per heavy atom. The summed E-state index contributed by atoms with van der Waals surface area (Å²) in [5.41, 5.74) is 7.46. The van der Waals surface area contributed by atoms with Crippen molar-refractivity contribution in [2.45, 2.75) is 56.5 Å². The van der Waals surface area contributed by atoms with Crippen LogP contribution >= 0.6 is 0 Å². The molecule has 11 heteroatoms. The lowest BCUT2D eigenvalue weighted by Gasteiger charge is -2.34. The molecule has 3 N–H and O–H groups in total. The summed E-state index contributed by atoms with van der Waals surface area (Å²) >= 11 is 0. The third-order valence-corrected chi connectivity index (χ3v) is 8.04. The number of rotatable bonds is 5. The quantitative estimate of drug-likeness (QED) is 0.362. The number of hydrogen-bond acceptors (Lipinski definition) is 6. The van der Waals surface area contributed by atoms with E-state index in [-0.39, 0.29) is 17.4 Å². The van der Waals surface area contributed by atoms with Crippen LogP contribution in [0.1, 0.15) is 55.5 Å². The molecule has 4 heterocycles. The number of ether oxygens (including phenoxy) is 1. The predicted octanol–water partition coefficient (Wildman–Crippen LogP) is 5.00. The number of halogens is 3. The van der Waals surface area contributed by atoms with Crippen molar-refractivity contribution >= 4 is 17.2 Å². The molecule has 0 bridgehead atoms. The number of carbonyl (C=O) groups is 1. The Hall–Kier alpha value is -4.12. The molecule has 0 radical (unpaired) electrons.